The number of carbonyl (C=O) groups excluding carboxylic acids is 1. The van der Waals surface area contributed by atoms with Crippen molar-refractivity contribution >= 4 is 11.5 Å². The highest BCUT2D eigenvalue weighted by molar-refractivity contribution is 5.92. The van der Waals surface area contributed by atoms with E-state index in [0.717, 1.165) is 0 Å². The van der Waals surface area contributed by atoms with E-state index in [1.165, 1.54) is 10.6 Å². The van der Waals surface area contributed by atoms with Crippen molar-refractivity contribution in [2.75, 3.05) is 6.61 Å². The molecule has 2 aromatic rings. The summed E-state index contributed by atoms with van der Waals surface area (Å²) < 4.78 is 6.12. The molecule has 0 radical (unpaired) electrons. The molecule has 7 heteroatoms. The van der Waals surface area contributed by atoms with Gasteiger partial charge in [0, 0.05) is 0 Å². The topological polar surface area (TPSA) is 96.4 Å². The van der Waals surface area contributed by atoms with Gasteiger partial charge in [0.25, 0.3) is 5.56 Å². The Morgan fingerprint density at radius 2 is 2.18 bits per heavy atom. The van der Waals surface area contributed by atoms with E-state index in [1.807, 2.05) is 0 Å². The molecule has 2 aromatic heterocycles. The highest BCUT2D eigenvalue weighted by Crippen LogP contribution is 2.12. The lowest BCUT2D eigenvalue weighted by molar-refractivity contribution is 0.0525. The molecule has 7 nitrogen and oxygen atoms in total. The number of aromatic nitrogens is 3. The molecule has 0 aliphatic carbocycles. The van der Waals surface area contributed by atoms with Gasteiger partial charge in [-0.05, 0) is 19.9 Å². The molecule has 2 heterocycles. The maximum Gasteiger partial charge on any atom is 0.340 e. The van der Waals surface area contributed by atoms with Crippen LogP contribution >= 0.6 is 0 Å². The molecule has 90 valence electrons. The van der Waals surface area contributed by atoms with Gasteiger partial charge in [0.1, 0.15) is 5.52 Å². The Bertz CT molecular complexity index is 692. The van der Waals surface area contributed by atoms with Gasteiger partial charge in [-0.25, -0.2) is 14.7 Å². The Hall–Kier alpha value is -2.31. The molecule has 2 rings (SSSR count). The third-order valence-corrected chi connectivity index (χ3v) is 2.42. The number of rotatable bonds is 2. The van der Waals surface area contributed by atoms with Crippen LogP contribution in [0.5, 0.6) is 0 Å². The average molecular weight is 237 g/mol. The largest absolute Gasteiger partial charge is 0.462 e. The third kappa shape index (κ3) is 1.75. The Morgan fingerprint density at radius 1 is 1.47 bits per heavy atom. The van der Waals surface area contributed by atoms with Gasteiger partial charge in [-0.1, -0.05) is 0 Å². The number of carbonyl (C=O) groups is 1. The zero-order valence-electron chi connectivity index (χ0n) is 9.36. The fourth-order valence-electron chi connectivity index (χ4n) is 1.63. The van der Waals surface area contributed by atoms with E-state index in [-0.39, 0.29) is 17.7 Å². The summed E-state index contributed by atoms with van der Waals surface area (Å²) in [6.07, 6.45) is 0. The number of H-pyrrole nitrogens is 2. The number of nitrogens with one attached hydrogen (secondary N) is 2. The second-order valence-corrected chi connectivity index (χ2v) is 3.48. The van der Waals surface area contributed by atoms with E-state index in [1.54, 1.807) is 13.8 Å². The Balaban J connectivity index is 2.73. The van der Waals surface area contributed by atoms with Gasteiger partial charge in [-0.2, -0.15) is 0 Å². The van der Waals surface area contributed by atoms with Crippen LogP contribution in [-0.4, -0.2) is 27.2 Å². The molecule has 0 aliphatic heterocycles. The lowest BCUT2D eigenvalue weighted by Crippen LogP contribution is -2.25. The molecular weight excluding hydrogens is 226 g/mol. The first-order chi connectivity index (χ1) is 8.04. The number of fused-ring (bicyclic) bond motifs is 1. The molecule has 0 atom stereocenters. The number of hydrogen-bond donors (Lipinski definition) is 2. The predicted octanol–water partition coefficient (Wildman–Crippen LogP) is -0.199. The summed E-state index contributed by atoms with van der Waals surface area (Å²) in [5.74, 6) is -0.519. The molecule has 0 amide bonds. The molecule has 0 spiro atoms. The van der Waals surface area contributed by atoms with Crippen molar-refractivity contribution in [2.45, 2.75) is 13.8 Å². The van der Waals surface area contributed by atoms with Crippen molar-refractivity contribution in [3.05, 3.63) is 38.2 Å². The number of esters is 1. The fraction of sp³-hybridized carbons (Fsp3) is 0.300. The Morgan fingerprint density at radius 3 is 2.82 bits per heavy atom. The van der Waals surface area contributed by atoms with Gasteiger partial charge in [0.05, 0.1) is 17.9 Å². The molecule has 0 bridgehead atoms. The molecular formula is C10H11N3O4. The first kappa shape index (κ1) is 11.2. The maximum atomic E-state index is 11.6. The van der Waals surface area contributed by atoms with Gasteiger partial charge < -0.3 is 4.74 Å². The van der Waals surface area contributed by atoms with E-state index in [0.29, 0.717) is 5.69 Å². The van der Waals surface area contributed by atoms with Crippen LogP contribution in [-0.2, 0) is 4.74 Å². The van der Waals surface area contributed by atoms with Crippen LogP contribution in [0.25, 0.3) is 5.52 Å². The lowest BCUT2D eigenvalue weighted by Gasteiger charge is -2.00. The summed E-state index contributed by atoms with van der Waals surface area (Å²) >= 11 is 0. The molecule has 0 unspecified atom stereocenters. The fourth-order valence-corrected chi connectivity index (χ4v) is 1.63. The number of aryl methyl sites for hydroxylation is 1. The van der Waals surface area contributed by atoms with E-state index >= 15 is 0 Å². The minimum Gasteiger partial charge on any atom is -0.462 e. The Kier molecular flexibility index (Phi) is 2.58. The molecule has 2 N–H and O–H groups in total. The monoisotopic (exact) mass is 237 g/mol. The smallest absolute Gasteiger partial charge is 0.340 e. The highest BCUT2D eigenvalue weighted by atomic mass is 16.5. The van der Waals surface area contributed by atoms with Crippen LogP contribution < -0.4 is 11.2 Å². The van der Waals surface area contributed by atoms with Gasteiger partial charge >= 0.3 is 11.7 Å². The van der Waals surface area contributed by atoms with E-state index in [2.05, 4.69) is 10.1 Å². The first-order valence-corrected chi connectivity index (χ1v) is 5.06. The third-order valence-electron chi connectivity index (χ3n) is 2.42. The van der Waals surface area contributed by atoms with Crippen LogP contribution in [0, 0.1) is 6.92 Å². The van der Waals surface area contributed by atoms with E-state index in [9.17, 15) is 14.4 Å². The molecule has 0 aromatic carbocycles. The number of nitrogens with zero attached hydrogens (tertiary/aromatic N) is 1. The van der Waals surface area contributed by atoms with Crippen LogP contribution in [0.2, 0.25) is 0 Å². The number of ether oxygens (including phenoxy) is 1. The second-order valence-electron chi connectivity index (χ2n) is 3.48. The minimum atomic E-state index is -0.628. The summed E-state index contributed by atoms with van der Waals surface area (Å²) in [6, 6.07) is 1.39. The second kappa shape index (κ2) is 3.93. The van der Waals surface area contributed by atoms with Crippen molar-refractivity contribution in [3.63, 3.8) is 0 Å². The summed E-state index contributed by atoms with van der Waals surface area (Å²) in [7, 11) is 0. The normalized spacial score (nSPS) is 10.7. The zero-order valence-corrected chi connectivity index (χ0v) is 9.36. The van der Waals surface area contributed by atoms with Crippen molar-refractivity contribution in [1.82, 2.24) is 14.6 Å². The molecule has 17 heavy (non-hydrogen) atoms. The Labute approximate surface area is 95.0 Å². The summed E-state index contributed by atoms with van der Waals surface area (Å²) in [6.45, 7) is 3.56. The van der Waals surface area contributed by atoms with E-state index < -0.39 is 17.2 Å². The highest BCUT2D eigenvalue weighted by Gasteiger charge is 2.16. The van der Waals surface area contributed by atoms with Crippen LogP contribution in [0.15, 0.2) is 15.7 Å². The van der Waals surface area contributed by atoms with Crippen molar-refractivity contribution < 1.29 is 9.53 Å². The lowest BCUT2D eigenvalue weighted by atomic mass is 10.2. The average Bonchev–Trinajstić information content (AvgIpc) is 2.57. The van der Waals surface area contributed by atoms with Gasteiger partial charge in [0.15, 0.2) is 0 Å². The first-order valence-electron chi connectivity index (χ1n) is 5.06. The molecule has 0 saturated heterocycles. The molecule has 0 fully saturated rings. The summed E-state index contributed by atoms with van der Waals surface area (Å²) in [4.78, 5) is 36.3. The SMILES string of the molecule is CCOC(=O)c1cc2c(=O)[nH]c(=O)[nH]n2c1C. The van der Waals surface area contributed by atoms with Crippen molar-refractivity contribution in [2.24, 2.45) is 0 Å². The standard InChI is InChI=1S/C10H11N3O4/c1-3-17-9(15)6-4-7-8(14)11-10(16)12-13(7)5(6)2/h4H,3H2,1-2H3,(H2,11,12,14,16). The number of aromatic amines is 2. The summed E-state index contributed by atoms with van der Waals surface area (Å²) in [5, 5.41) is 2.41. The predicted molar refractivity (Wildman–Crippen MR) is 59.3 cm³/mol. The van der Waals surface area contributed by atoms with Gasteiger partial charge in [-0.3, -0.25) is 14.3 Å². The zero-order chi connectivity index (χ0) is 12.6. The summed E-state index contributed by atoms with van der Waals surface area (Å²) in [5.41, 5.74) is -0.255. The molecule has 0 aliphatic rings. The quantitative estimate of drug-likeness (QED) is 0.707. The number of hydrogen-bond acceptors (Lipinski definition) is 4. The molecule has 0 saturated carbocycles. The van der Waals surface area contributed by atoms with E-state index in [4.69, 9.17) is 4.74 Å². The van der Waals surface area contributed by atoms with Gasteiger partial charge in [-0.15, -0.1) is 0 Å². The van der Waals surface area contributed by atoms with Crippen molar-refractivity contribution in [1.29, 1.82) is 0 Å². The van der Waals surface area contributed by atoms with Crippen LogP contribution in [0.4, 0.5) is 0 Å². The maximum absolute atomic E-state index is 11.6. The van der Waals surface area contributed by atoms with Crippen LogP contribution in [0.3, 0.4) is 0 Å². The van der Waals surface area contributed by atoms with Gasteiger partial charge in [0.2, 0.25) is 0 Å². The van der Waals surface area contributed by atoms with Crippen LogP contribution in [0.1, 0.15) is 23.0 Å². The minimum absolute atomic E-state index is 0.199. The van der Waals surface area contributed by atoms with Crippen molar-refractivity contribution in [3.8, 4) is 0 Å².